The number of hydrogen-bond acceptors (Lipinski definition) is 11. The van der Waals surface area contributed by atoms with Gasteiger partial charge in [-0.1, -0.05) is 136 Å². The molecule has 0 aliphatic carbocycles. The Morgan fingerprint density at radius 2 is 0.750 bits per heavy atom. The molecule has 12 atom stereocenters. The van der Waals surface area contributed by atoms with Gasteiger partial charge in [0.15, 0.2) is 0 Å². The molecule has 10 amide bonds. The van der Waals surface area contributed by atoms with Gasteiger partial charge in [0.05, 0.1) is 6.10 Å². The zero-order chi connectivity index (χ0) is 63.8. The maximum atomic E-state index is 15.3. The molecule has 468 valence electrons. The molecule has 1 heterocycles. The highest BCUT2D eigenvalue weighted by molar-refractivity contribution is 5.99. The van der Waals surface area contributed by atoms with Crippen molar-refractivity contribution in [3.8, 4) is 0 Å². The van der Waals surface area contributed by atoms with Crippen molar-refractivity contribution >= 4 is 59.1 Å². The number of aliphatic hydroxyl groups excluding tert-OH is 1. The summed E-state index contributed by atoms with van der Waals surface area (Å²) in [6.07, 6.45) is -0.715. The number of carbonyl (C=O) groups excluding carboxylic acids is 10. The Morgan fingerprint density at radius 1 is 0.405 bits per heavy atom. The Balaban J connectivity index is 2.36. The molecule has 21 nitrogen and oxygen atoms in total. The zero-order valence-corrected chi connectivity index (χ0v) is 53.5. The van der Waals surface area contributed by atoms with Crippen LogP contribution in [0, 0.1) is 29.6 Å². The van der Waals surface area contributed by atoms with E-state index in [4.69, 9.17) is 0 Å². The fraction of sp³-hybridized carbons (Fsp3) is 0.651. The molecule has 1 aliphatic heterocycles. The van der Waals surface area contributed by atoms with Gasteiger partial charge in [-0.15, -0.1) is 0 Å². The molecule has 84 heavy (non-hydrogen) atoms. The number of carbonyl (C=O) groups is 10. The average molecular weight is 1170 g/mol. The third-order valence-electron chi connectivity index (χ3n) is 16.3. The molecule has 2 aromatic rings. The van der Waals surface area contributed by atoms with Crippen LogP contribution in [0.1, 0.15) is 127 Å². The lowest BCUT2D eigenvalue weighted by Crippen LogP contribution is -2.63. The fourth-order valence-electron chi connectivity index (χ4n) is 10.4. The molecule has 1 fully saturated rings. The van der Waals surface area contributed by atoms with Crippen molar-refractivity contribution < 1.29 is 53.1 Å². The maximum absolute atomic E-state index is 15.3. The summed E-state index contributed by atoms with van der Waals surface area (Å²) in [7, 11) is 8.58. The predicted molar refractivity (Wildman–Crippen MR) is 323 cm³/mol. The van der Waals surface area contributed by atoms with Gasteiger partial charge in [-0.25, -0.2) is 0 Å². The van der Waals surface area contributed by atoms with Crippen molar-refractivity contribution in [2.75, 3.05) is 42.3 Å². The van der Waals surface area contributed by atoms with Gasteiger partial charge in [0.25, 0.3) is 0 Å². The van der Waals surface area contributed by atoms with Crippen molar-refractivity contribution in [1.29, 1.82) is 0 Å². The Labute approximate surface area is 499 Å². The lowest BCUT2D eigenvalue weighted by atomic mass is 9.93. The van der Waals surface area contributed by atoms with Crippen LogP contribution in [0.15, 0.2) is 60.7 Å². The normalized spacial score (nSPS) is 26.2. The monoisotopic (exact) mass is 1170 g/mol. The van der Waals surface area contributed by atoms with Crippen molar-refractivity contribution in [3.05, 3.63) is 71.8 Å². The van der Waals surface area contributed by atoms with E-state index in [1.807, 2.05) is 66.7 Å². The Hall–Kier alpha value is -6.90. The number of rotatable bonds is 14. The third kappa shape index (κ3) is 19.1. The Bertz CT molecular complexity index is 2560. The van der Waals surface area contributed by atoms with Gasteiger partial charge < -0.3 is 55.8 Å². The number of likely N-dealkylation sites (N-methyl/N-ethyl adjacent to an activating group) is 6. The van der Waals surface area contributed by atoms with Crippen LogP contribution in [-0.4, -0.2) is 202 Å². The summed E-state index contributed by atoms with van der Waals surface area (Å²) in [5.41, 5.74) is 1.36. The van der Waals surface area contributed by atoms with Crippen LogP contribution < -0.4 is 21.3 Å². The van der Waals surface area contributed by atoms with Crippen LogP contribution in [0.4, 0.5) is 0 Å². The Morgan fingerprint density at radius 3 is 1.20 bits per heavy atom. The molecule has 1 aliphatic rings. The van der Waals surface area contributed by atoms with E-state index in [0.717, 1.165) is 4.90 Å². The minimum atomic E-state index is -1.64. The first-order chi connectivity index (χ1) is 39.2. The minimum Gasteiger partial charge on any atom is -0.391 e. The van der Waals surface area contributed by atoms with E-state index in [-0.39, 0.29) is 49.9 Å². The van der Waals surface area contributed by atoms with Crippen LogP contribution >= 0.6 is 0 Å². The van der Waals surface area contributed by atoms with Gasteiger partial charge in [0, 0.05) is 55.1 Å². The van der Waals surface area contributed by atoms with E-state index >= 15 is 19.2 Å². The molecule has 0 bridgehead atoms. The standard InChI is InChI=1S/C63H100N10O11/c1-20-40(10)52-62(83)72(18)49(33-38(6)7)59(80)71(17)48(34-44-27-23-21-24-28-44)57(78)67-53(43(13)74)63(84)68(14)42(12)58(79)69(15)46(31-36(2)3)55(76)64-41(11)54(75)65-51(39(8)9)61(82)73(19)50(35-45-29-25-22-26-30-45)60(81)70(16)47(32-37(4)5)56(77)66-52/h21-30,36-43,46-53,74H,20,31-35H2,1-19H3,(H,64,76)(H,65,75)(H,66,77)(H,67,78)/t40-,41+,42-,43+,46-,47-,48-,49-,50-,51+,52-,53-/m0/s1. The first kappa shape index (κ1) is 71.4. The van der Waals surface area contributed by atoms with Crippen molar-refractivity contribution in [1.82, 2.24) is 50.7 Å². The average Bonchev–Trinajstić information content (AvgIpc) is 2.75. The van der Waals surface area contributed by atoms with Gasteiger partial charge in [-0.05, 0) is 80.8 Å². The smallest absolute Gasteiger partial charge is 0.248 e. The maximum Gasteiger partial charge on any atom is 0.248 e. The van der Waals surface area contributed by atoms with Crippen LogP contribution in [0.3, 0.4) is 0 Å². The molecule has 5 N–H and O–H groups in total. The molecule has 0 spiro atoms. The summed E-state index contributed by atoms with van der Waals surface area (Å²) >= 11 is 0. The van der Waals surface area contributed by atoms with E-state index < -0.39 is 137 Å². The molecule has 0 unspecified atom stereocenters. The summed E-state index contributed by atoms with van der Waals surface area (Å²) < 4.78 is 0. The van der Waals surface area contributed by atoms with Crippen LogP contribution in [0.2, 0.25) is 0 Å². The van der Waals surface area contributed by atoms with Gasteiger partial charge in [-0.3, -0.25) is 47.9 Å². The summed E-state index contributed by atoms with van der Waals surface area (Å²) in [5, 5.41) is 22.4. The second kappa shape index (κ2) is 32.4. The van der Waals surface area contributed by atoms with Gasteiger partial charge in [-0.2, -0.15) is 0 Å². The largest absolute Gasteiger partial charge is 0.391 e. The quantitative estimate of drug-likeness (QED) is 0.183. The van der Waals surface area contributed by atoms with Crippen molar-refractivity contribution in [2.24, 2.45) is 29.6 Å². The van der Waals surface area contributed by atoms with E-state index in [1.165, 1.54) is 87.6 Å². The molecule has 0 saturated carbocycles. The van der Waals surface area contributed by atoms with Gasteiger partial charge >= 0.3 is 0 Å². The SMILES string of the molecule is CC[C@H](C)[C@@H]1NC(=O)[C@H](CC(C)C)N(C)C(=O)[C@H](Cc2ccccc2)N(C)C(=O)[C@@H](C(C)C)NC(=O)[C@@H](C)NC(=O)[C@H](CC(C)C)N(C)C(=O)[C@H](C)N(C)C(=O)[C@H]([C@@H](C)O)NC(=O)[C@H](Cc2ccccc2)N(C)C(=O)[C@H](CC(C)C)N(C)C1=O. The fourth-order valence-corrected chi connectivity index (χ4v) is 10.4. The highest BCUT2D eigenvalue weighted by atomic mass is 16.3. The predicted octanol–water partition coefficient (Wildman–Crippen LogP) is 3.65. The second-order valence-corrected chi connectivity index (χ2v) is 24.8. The number of benzene rings is 2. The van der Waals surface area contributed by atoms with Crippen LogP contribution in [-0.2, 0) is 60.8 Å². The first-order valence-corrected chi connectivity index (χ1v) is 29.8. The number of aliphatic hydroxyl groups is 1. The Kier molecular flexibility index (Phi) is 27.5. The van der Waals surface area contributed by atoms with Crippen LogP contribution in [0.5, 0.6) is 0 Å². The van der Waals surface area contributed by atoms with E-state index in [9.17, 15) is 33.9 Å². The van der Waals surface area contributed by atoms with Gasteiger partial charge in [0.1, 0.15) is 60.4 Å². The topological polar surface area (TPSA) is 258 Å². The van der Waals surface area contributed by atoms with E-state index in [1.54, 1.807) is 63.2 Å². The lowest BCUT2D eigenvalue weighted by Gasteiger charge is -2.39. The molecular formula is C63H100N10O11. The highest BCUT2D eigenvalue weighted by Gasteiger charge is 2.44. The summed E-state index contributed by atoms with van der Waals surface area (Å²) in [6.45, 7) is 22.5. The van der Waals surface area contributed by atoms with Crippen molar-refractivity contribution in [2.45, 2.75) is 195 Å². The summed E-state index contributed by atoms with van der Waals surface area (Å²) in [5.74, 6) is -8.34. The number of hydrogen-bond donors (Lipinski definition) is 5. The second-order valence-electron chi connectivity index (χ2n) is 24.8. The van der Waals surface area contributed by atoms with Crippen LogP contribution in [0.25, 0.3) is 0 Å². The van der Waals surface area contributed by atoms with Gasteiger partial charge in [0.2, 0.25) is 59.1 Å². The van der Waals surface area contributed by atoms with Crippen molar-refractivity contribution in [3.63, 3.8) is 0 Å². The minimum absolute atomic E-state index is 0.0209. The zero-order valence-electron chi connectivity index (χ0n) is 53.5. The molecule has 21 heteroatoms. The molecule has 3 rings (SSSR count). The molecule has 1 saturated heterocycles. The van der Waals surface area contributed by atoms with E-state index in [0.29, 0.717) is 17.5 Å². The molecule has 0 radical (unpaired) electrons. The summed E-state index contributed by atoms with van der Waals surface area (Å²) in [6, 6.07) is 5.28. The molecule has 2 aromatic carbocycles. The van der Waals surface area contributed by atoms with E-state index in [2.05, 4.69) is 21.3 Å². The number of amides is 10. The third-order valence-corrected chi connectivity index (χ3v) is 16.3. The lowest BCUT2D eigenvalue weighted by molar-refractivity contribution is -0.152. The molecule has 0 aromatic heterocycles. The number of nitrogens with zero attached hydrogens (tertiary/aromatic N) is 6. The summed E-state index contributed by atoms with van der Waals surface area (Å²) in [4.78, 5) is 155. The molecular weight excluding hydrogens is 1070 g/mol. The highest BCUT2D eigenvalue weighted by Crippen LogP contribution is 2.24. The first-order valence-electron chi connectivity index (χ1n) is 29.8. The number of nitrogens with one attached hydrogen (secondary N) is 4.